The van der Waals surface area contributed by atoms with E-state index in [1.807, 2.05) is 91.0 Å². The van der Waals surface area contributed by atoms with E-state index < -0.39 is 0 Å². The van der Waals surface area contributed by atoms with E-state index in [-0.39, 0.29) is 50.4 Å². The van der Waals surface area contributed by atoms with Crippen molar-refractivity contribution in [3.8, 4) is 33.4 Å². The number of carbonyl (C=O) groups is 6. The van der Waals surface area contributed by atoms with Crippen LogP contribution in [-0.2, 0) is 0 Å². The molecule has 0 heterocycles. The SMILES string of the molecule is O=Cc1cc(-c2ccccc2)cc(C=O)c1N(c1c(C=O)cc(-c2ccccc2)cc1C=O)c1c(C=O)cc(-c2ccccc2)cc1C=O. The van der Waals surface area contributed by atoms with Gasteiger partial charge in [-0.2, -0.15) is 0 Å². The van der Waals surface area contributed by atoms with E-state index in [4.69, 9.17) is 0 Å². The Morgan fingerprint density at radius 3 is 0.673 bits per heavy atom. The zero-order valence-corrected chi connectivity index (χ0v) is 26.0. The van der Waals surface area contributed by atoms with Gasteiger partial charge in [-0.25, -0.2) is 0 Å². The minimum Gasteiger partial charge on any atom is -0.306 e. The smallest absolute Gasteiger partial charge is 0.152 e. The summed E-state index contributed by atoms with van der Waals surface area (Å²) in [6.45, 7) is 0. The van der Waals surface area contributed by atoms with Crippen LogP contribution in [0.3, 0.4) is 0 Å². The summed E-state index contributed by atoms with van der Waals surface area (Å²) in [5.74, 6) is 0. The molecule has 0 N–H and O–H groups in total. The van der Waals surface area contributed by atoms with E-state index >= 15 is 0 Å². The molecule has 0 spiro atoms. The first-order chi connectivity index (χ1) is 24.0. The number of rotatable bonds is 12. The molecule has 49 heavy (non-hydrogen) atoms. The minimum atomic E-state index is -0.0120. The maximum Gasteiger partial charge on any atom is 0.152 e. The maximum atomic E-state index is 12.9. The molecule has 0 atom stereocenters. The van der Waals surface area contributed by atoms with Crippen LogP contribution in [0, 0.1) is 0 Å². The Hall–Kier alpha value is -6.86. The molecular formula is C42H27NO6. The standard InChI is InChI=1S/C42H27NO6/c44-22-34-16-31(28-10-4-1-5-11-28)17-35(23-45)40(34)43(41-36(24-46)18-32(19-37(41)25-47)29-12-6-2-7-13-29)42-38(26-48)20-33(21-39(42)27-49)30-14-8-3-9-15-30/h1-27H. The van der Waals surface area contributed by atoms with Gasteiger partial charge in [0, 0.05) is 33.4 Å². The summed E-state index contributed by atoms with van der Waals surface area (Å²) in [6.07, 6.45) is 3.34. The van der Waals surface area contributed by atoms with Gasteiger partial charge in [-0.3, -0.25) is 28.8 Å². The van der Waals surface area contributed by atoms with Crippen molar-refractivity contribution in [1.82, 2.24) is 0 Å². The number of carbonyl (C=O) groups excluding carboxylic acids is 6. The summed E-state index contributed by atoms with van der Waals surface area (Å²) in [5.41, 5.74) is 3.95. The molecule has 0 bridgehead atoms. The lowest BCUT2D eigenvalue weighted by Crippen LogP contribution is -2.21. The molecule has 0 aromatic heterocycles. The number of anilines is 3. The molecule has 7 nitrogen and oxygen atoms in total. The van der Waals surface area contributed by atoms with Gasteiger partial charge in [0.25, 0.3) is 0 Å². The molecule has 0 radical (unpaired) electrons. The summed E-state index contributed by atoms with van der Waals surface area (Å²) in [6, 6.07) is 36.8. The van der Waals surface area contributed by atoms with Crippen molar-refractivity contribution in [2.75, 3.05) is 4.90 Å². The Morgan fingerprint density at radius 1 is 0.286 bits per heavy atom. The minimum absolute atomic E-state index is 0.0120. The molecule has 7 heteroatoms. The summed E-state index contributed by atoms with van der Waals surface area (Å²) < 4.78 is 0. The first kappa shape index (κ1) is 32.1. The number of benzene rings is 6. The van der Waals surface area contributed by atoms with Gasteiger partial charge in [-0.1, -0.05) is 91.0 Å². The molecular weight excluding hydrogens is 614 g/mol. The van der Waals surface area contributed by atoms with Gasteiger partial charge in [0.2, 0.25) is 0 Å². The van der Waals surface area contributed by atoms with Crippen molar-refractivity contribution >= 4 is 54.8 Å². The van der Waals surface area contributed by atoms with E-state index in [0.717, 1.165) is 16.7 Å². The molecule has 0 aliphatic heterocycles. The van der Waals surface area contributed by atoms with Gasteiger partial charge in [0.05, 0.1) is 17.1 Å². The second-order valence-electron chi connectivity index (χ2n) is 11.2. The van der Waals surface area contributed by atoms with E-state index in [1.54, 1.807) is 36.4 Å². The normalized spacial score (nSPS) is 10.5. The predicted octanol–water partition coefficient (Wildman–Crippen LogP) is 9.03. The summed E-state index contributed by atoms with van der Waals surface area (Å²) >= 11 is 0. The topological polar surface area (TPSA) is 106 Å². The van der Waals surface area contributed by atoms with Gasteiger partial charge in [-0.05, 0) is 69.8 Å². The fraction of sp³-hybridized carbons (Fsp3) is 0. The second-order valence-corrected chi connectivity index (χ2v) is 11.2. The van der Waals surface area contributed by atoms with E-state index in [1.165, 1.54) is 4.90 Å². The lowest BCUT2D eigenvalue weighted by molar-refractivity contribution is 0.111. The highest BCUT2D eigenvalue weighted by atomic mass is 16.1. The zero-order valence-electron chi connectivity index (χ0n) is 26.0. The van der Waals surface area contributed by atoms with Crippen LogP contribution in [0.2, 0.25) is 0 Å². The third kappa shape index (κ3) is 6.16. The Balaban J connectivity index is 1.75. The second kappa shape index (κ2) is 14.3. The third-order valence-corrected chi connectivity index (χ3v) is 8.26. The van der Waals surface area contributed by atoms with Crippen molar-refractivity contribution in [3.63, 3.8) is 0 Å². The number of aldehydes is 6. The van der Waals surface area contributed by atoms with Gasteiger partial charge in [-0.15, -0.1) is 0 Å². The highest BCUT2D eigenvalue weighted by Gasteiger charge is 2.30. The van der Waals surface area contributed by atoms with Gasteiger partial charge >= 0.3 is 0 Å². The molecule has 236 valence electrons. The number of nitrogens with zero attached hydrogens (tertiary/aromatic N) is 1. The zero-order chi connectivity index (χ0) is 34.3. The van der Waals surface area contributed by atoms with Crippen LogP contribution >= 0.6 is 0 Å². The lowest BCUT2D eigenvalue weighted by Gasteiger charge is -2.32. The van der Waals surface area contributed by atoms with E-state index in [2.05, 4.69) is 0 Å². The summed E-state index contributed by atoms with van der Waals surface area (Å²) in [4.78, 5) is 78.9. The quantitative estimate of drug-likeness (QED) is 0.123. The molecule has 0 saturated carbocycles. The average Bonchev–Trinajstić information content (AvgIpc) is 3.18. The molecule has 6 aromatic carbocycles. The Bertz CT molecular complexity index is 1890. The molecule has 0 aliphatic carbocycles. The fourth-order valence-corrected chi connectivity index (χ4v) is 6.08. The van der Waals surface area contributed by atoms with Gasteiger partial charge < -0.3 is 4.90 Å². The largest absolute Gasteiger partial charge is 0.306 e. The van der Waals surface area contributed by atoms with Crippen LogP contribution in [0.4, 0.5) is 17.1 Å². The molecule has 0 aliphatic rings. The third-order valence-electron chi connectivity index (χ3n) is 8.26. The van der Waals surface area contributed by atoms with Crippen LogP contribution in [0.5, 0.6) is 0 Å². The van der Waals surface area contributed by atoms with Crippen molar-refractivity contribution < 1.29 is 28.8 Å². The van der Waals surface area contributed by atoms with Crippen LogP contribution in [0.25, 0.3) is 33.4 Å². The lowest BCUT2D eigenvalue weighted by atomic mass is 9.92. The van der Waals surface area contributed by atoms with Crippen molar-refractivity contribution in [2.24, 2.45) is 0 Å². The van der Waals surface area contributed by atoms with Crippen LogP contribution in [0.15, 0.2) is 127 Å². The number of hydrogen-bond donors (Lipinski definition) is 0. The molecule has 0 amide bonds. The Labute approximate surface area is 282 Å². The van der Waals surface area contributed by atoms with Gasteiger partial charge in [0.1, 0.15) is 0 Å². The van der Waals surface area contributed by atoms with Crippen molar-refractivity contribution in [2.45, 2.75) is 0 Å². The predicted molar refractivity (Wildman–Crippen MR) is 190 cm³/mol. The van der Waals surface area contributed by atoms with Crippen LogP contribution < -0.4 is 4.90 Å². The van der Waals surface area contributed by atoms with E-state index in [0.29, 0.717) is 54.4 Å². The molecule has 0 unspecified atom stereocenters. The Morgan fingerprint density at radius 2 is 0.490 bits per heavy atom. The van der Waals surface area contributed by atoms with E-state index in [9.17, 15) is 28.8 Å². The first-order valence-electron chi connectivity index (χ1n) is 15.3. The average molecular weight is 642 g/mol. The van der Waals surface area contributed by atoms with Gasteiger partial charge in [0.15, 0.2) is 37.7 Å². The van der Waals surface area contributed by atoms with Crippen LogP contribution in [-0.4, -0.2) is 37.7 Å². The molecule has 0 fully saturated rings. The molecule has 6 rings (SSSR count). The first-order valence-corrected chi connectivity index (χ1v) is 15.3. The Kier molecular flexibility index (Phi) is 9.35. The summed E-state index contributed by atoms with van der Waals surface area (Å²) in [7, 11) is 0. The molecule has 6 aromatic rings. The fourth-order valence-electron chi connectivity index (χ4n) is 6.08. The highest BCUT2D eigenvalue weighted by molar-refractivity contribution is 6.11. The van der Waals surface area contributed by atoms with Crippen molar-refractivity contribution in [3.05, 3.63) is 161 Å². The monoisotopic (exact) mass is 641 g/mol. The summed E-state index contributed by atoms with van der Waals surface area (Å²) in [5, 5.41) is 0. The van der Waals surface area contributed by atoms with Crippen LogP contribution in [0.1, 0.15) is 62.1 Å². The number of hydrogen-bond acceptors (Lipinski definition) is 7. The van der Waals surface area contributed by atoms with Crippen molar-refractivity contribution in [1.29, 1.82) is 0 Å². The maximum absolute atomic E-state index is 12.9. The molecule has 0 saturated heterocycles. The highest BCUT2D eigenvalue weighted by Crippen LogP contribution is 2.46.